The molecule has 1 fully saturated rings. The van der Waals surface area contributed by atoms with E-state index in [0.717, 1.165) is 5.92 Å². The highest BCUT2D eigenvalue weighted by atomic mass is 31.2. The summed E-state index contributed by atoms with van der Waals surface area (Å²) in [5, 5.41) is 1.64. The van der Waals surface area contributed by atoms with Gasteiger partial charge in [-0.25, -0.2) is 0 Å². The third kappa shape index (κ3) is 1.79. The minimum Gasteiger partial charge on any atom is -0.0620 e. The van der Waals surface area contributed by atoms with Gasteiger partial charge in [0.25, 0.3) is 0 Å². The van der Waals surface area contributed by atoms with Gasteiger partial charge in [-0.15, -0.1) is 0 Å². The quantitative estimate of drug-likeness (QED) is 0.601. The minimum atomic E-state index is -0.729. The number of rotatable bonds is 1. The Morgan fingerprint density at radius 1 is 1.23 bits per heavy atom. The summed E-state index contributed by atoms with van der Waals surface area (Å²) < 4.78 is 0. The van der Waals surface area contributed by atoms with Gasteiger partial charge in [0.2, 0.25) is 0 Å². The van der Waals surface area contributed by atoms with E-state index in [1.165, 1.54) is 18.7 Å². The van der Waals surface area contributed by atoms with Crippen molar-refractivity contribution in [1.82, 2.24) is 0 Å². The molecule has 1 heterocycles. The maximum Gasteiger partial charge on any atom is 0.0936 e. The summed E-state index contributed by atoms with van der Waals surface area (Å²) in [5.41, 5.74) is 0. The van der Waals surface area contributed by atoms with Crippen LogP contribution in [0.4, 0.5) is 0 Å². The lowest BCUT2D eigenvalue weighted by atomic mass is 10.2. The molecule has 1 heteroatoms. The molecule has 1 aliphatic rings. The maximum atomic E-state index is 2.52. The molecule has 1 aromatic carbocycles. The fraction of sp³-hybridized carbons (Fsp3) is 0.500. The van der Waals surface area contributed by atoms with Gasteiger partial charge in [0.15, 0.2) is 0 Å². The molecule has 0 saturated carbocycles. The molecule has 13 heavy (non-hydrogen) atoms. The van der Waals surface area contributed by atoms with Gasteiger partial charge in [-0.1, -0.05) is 25.1 Å². The van der Waals surface area contributed by atoms with E-state index in [4.69, 9.17) is 0 Å². The molecular weight excluding hydrogens is 175 g/mol. The largest absolute Gasteiger partial charge is 0.0936 e. The first-order valence-electron chi connectivity index (χ1n) is 5.11. The second-order valence-corrected chi connectivity index (χ2v) is 8.65. The standard InChI is InChI=1S/C12H18P/c1-11-8-9-13(2,10-11)12-6-4-3-5-7-12/h3-7,11H,8-10H2,1-2H3/q+1/t11-,13?/m0/s1. The van der Waals surface area contributed by atoms with Crippen LogP contribution in [0.5, 0.6) is 0 Å². The van der Waals surface area contributed by atoms with Crippen molar-refractivity contribution in [2.75, 3.05) is 19.0 Å². The molecule has 0 aliphatic carbocycles. The smallest absolute Gasteiger partial charge is 0.0620 e. The Bertz CT molecular complexity index is 280. The molecule has 0 nitrogen and oxygen atoms in total. The predicted molar refractivity (Wildman–Crippen MR) is 62.4 cm³/mol. The van der Waals surface area contributed by atoms with Crippen LogP contribution in [0, 0.1) is 5.92 Å². The Labute approximate surface area is 81.7 Å². The average Bonchev–Trinajstić information content (AvgIpc) is 2.49. The highest BCUT2D eigenvalue weighted by Gasteiger charge is 2.41. The lowest BCUT2D eigenvalue weighted by molar-refractivity contribution is 0.668. The Morgan fingerprint density at radius 2 is 1.92 bits per heavy atom. The summed E-state index contributed by atoms with van der Waals surface area (Å²) in [6.45, 7) is 4.92. The van der Waals surface area contributed by atoms with Crippen molar-refractivity contribution in [1.29, 1.82) is 0 Å². The monoisotopic (exact) mass is 193 g/mol. The van der Waals surface area contributed by atoms with Crippen LogP contribution < -0.4 is 5.30 Å². The lowest BCUT2D eigenvalue weighted by Crippen LogP contribution is -2.11. The highest BCUT2D eigenvalue weighted by Crippen LogP contribution is 2.60. The minimum absolute atomic E-state index is 0.729. The van der Waals surface area contributed by atoms with Crippen LogP contribution in [0.25, 0.3) is 0 Å². The zero-order valence-electron chi connectivity index (χ0n) is 8.53. The Morgan fingerprint density at radius 3 is 2.46 bits per heavy atom. The fourth-order valence-corrected chi connectivity index (χ4v) is 6.51. The Hall–Kier alpha value is -0.350. The molecule has 0 aromatic heterocycles. The molecule has 2 rings (SSSR count). The van der Waals surface area contributed by atoms with Gasteiger partial charge in [-0.3, -0.25) is 0 Å². The fourth-order valence-electron chi connectivity index (χ4n) is 2.40. The molecule has 1 aromatic rings. The third-order valence-corrected chi connectivity index (χ3v) is 7.43. The van der Waals surface area contributed by atoms with Gasteiger partial charge >= 0.3 is 0 Å². The number of hydrogen-bond acceptors (Lipinski definition) is 0. The first kappa shape index (κ1) is 9.21. The van der Waals surface area contributed by atoms with Gasteiger partial charge < -0.3 is 0 Å². The summed E-state index contributed by atoms with van der Waals surface area (Å²) in [6, 6.07) is 11.1. The number of benzene rings is 1. The van der Waals surface area contributed by atoms with E-state index < -0.39 is 7.26 Å². The molecule has 1 saturated heterocycles. The normalized spacial score (nSPS) is 33.5. The van der Waals surface area contributed by atoms with E-state index in [-0.39, 0.29) is 0 Å². The van der Waals surface area contributed by atoms with Crippen LogP contribution in [-0.4, -0.2) is 19.0 Å². The Balaban J connectivity index is 2.26. The highest BCUT2D eigenvalue weighted by molar-refractivity contribution is 7.82. The van der Waals surface area contributed by atoms with E-state index >= 15 is 0 Å². The van der Waals surface area contributed by atoms with Crippen molar-refractivity contribution < 1.29 is 0 Å². The summed E-state index contributed by atoms with van der Waals surface area (Å²) >= 11 is 0. The van der Waals surface area contributed by atoms with Crippen LogP contribution in [0.15, 0.2) is 30.3 Å². The second-order valence-electron chi connectivity index (χ2n) is 4.53. The van der Waals surface area contributed by atoms with E-state index in [9.17, 15) is 0 Å². The van der Waals surface area contributed by atoms with Crippen molar-refractivity contribution in [3.63, 3.8) is 0 Å². The lowest BCUT2D eigenvalue weighted by Gasteiger charge is -2.16. The SMILES string of the molecule is C[C@H]1CC[P+](C)(c2ccccc2)C1. The topological polar surface area (TPSA) is 0 Å². The molecule has 0 amide bonds. The maximum absolute atomic E-state index is 2.52. The molecule has 1 unspecified atom stereocenters. The molecular formula is C12H18P+. The van der Waals surface area contributed by atoms with Crippen LogP contribution in [0.1, 0.15) is 13.3 Å². The predicted octanol–water partition coefficient (Wildman–Crippen LogP) is 3.00. The summed E-state index contributed by atoms with van der Waals surface area (Å²) in [7, 11) is -0.729. The van der Waals surface area contributed by atoms with Crippen molar-refractivity contribution in [2.24, 2.45) is 5.92 Å². The van der Waals surface area contributed by atoms with E-state index in [1.54, 1.807) is 5.30 Å². The van der Waals surface area contributed by atoms with Crippen LogP contribution in [0.3, 0.4) is 0 Å². The summed E-state index contributed by atoms with van der Waals surface area (Å²) in [6.07, 6.45) is 4.38. The van der Waals surface area contributed by atoms with Gasteiger partial charge in [0, 0.05) is 7.26 Å². The van der Waals surface area contributed by atoms with Gasteiger partial charge in [0.1, 0.15) is 0 Å². The first-order chi connectivity index (χ1) is 6.21. The van der Waals surface area contributed by atoms with Gasteiger partial charge in [0.05, 0.1) is 24.3 Å². The zero-order valence-corrected chi connectivity index (χ0v) is 9.43. The van der Waals surface area contributed by atoms with Crippen LogP contribution in [-0.2, 0) is 0 Å². The van der Waals surface area contributed by atoms with Gasteiger partial charge in [-0.05, 0) is 24.5 Å². The molecule has 2 atom stereocenters. The van der Waals surface area contributed by atoms with E-state index in [1.807, 2.05) is 0 Å². The van der Waals surface area contributed by atoms with E-state index in [0.29, 0.717) is 0 Å². The zero-order chi connectivity index (χ0) is 9.31. The van der Waals surface area contributed by atoms with Crippen molar-refractivity contribution in [3.8, 4) is 0 Å². The third-order valence-electron chi connectivity index (χ3n) is 3.21. The molecule has 0 radical (unpaired) electrons. The molecule has 70 valence electrons. The van der Waals surface area contributed by atoms with Crippen molar-refractivity contribution in [3.05, 3.63) is 30.3 Å². The van der Waals surface area contributed by atoms with Crippen molar-refractivity contribution in [2.45, 2.75) is 13.3 Å². The Kier molecular flexibility index (Phi) is 2.43. The van der Waals surface area contributed by atoms with Crippen molar-refractivity contribution >= 4 is 12.6 Å². The molecule has 0 bridgehead atoms. The molecule has 1 aliphatic heterocycles. The average molecular weight is 193 g/mol. The van der Waals surface area contributed by atoms with E-state index in [2.05, 4.69) is 43.9 Å². The summed E-state index contributed by atoms with van der Waals surface area (Å²) in [4.78, 5) is 0. The molecule has 0 N–H and O–H groups in total. The van der Waals surface area contributed by atoms with Crippen LogP contribution >= 0.6 is 7.26 Å². The van der Waals surface area contributed by atoms with Gasteiger partial charge in [-0.2, -0.15) is 0 Å². The molecule has 0 spiro atoms. The van der Waals surface area contributed by atoms with Crippen LogP contribution in [0.2, 0.25) is 0 Å². The summed E-state index contributed by atoms with van der Waals surface area (Å²) in [5.74, 6) is 0.957. The second kappa shape index (κ2) is 3.42. The number of hydrogen-bond donors (Lipinski definition) is 0. The first-order valence-corrected chi connectivity index (χ1v) is 7.71.